The van der Waals surface area contributed by atoms with Crippen LogP contribution < -0.4 is 27.0 Å². The second-order valence-electron chi connectivity index (χ2n) is 8.46. The highest BCUT2D eigenvalue weighted by atomic mass is 32.1. The molecule has 1 aromatic heterocycles. The Labute approximate surface area is 245 Å². The number of carbonyl (C=O) groups is 5. The molecule has 0 atom stereocenters. The lowest BCUT2D eigenvalue weighted by Gasteiger charge is -2.08. The van der Waals surface area contributed by atoms with E-state index in [-0.39, 0.29) is 37.2 Å². The number of hydrogen-bond donors (Lipinski definition) is 7. The summed E-state index contributed by atoms with van der Waals surface area (Å²) in [5, 5.41) is 27.1. The number of aliphatic imine (C=N–C) groups is 1. The van der Waals surface area contributed by atoms with Crippen LogP contribution in [-0.4, -0.2) is 64.5 Å². The van der Waals surface area contributed by atoms with Crippen molar-refractivity contribution in [1.29, 1.82) is 0 Å². The van der Waals surface area contributed by atoms with E-state index >= 15 is 0 Å². The highest BCUT2D eigenvalue weighted by Crippen LogP contribution is 2.25. The zero-order valence-corrected chi connectivity index (χ0v) is 23.4. The van der Waals surface area contributed by atoms with Gasteiger partial charge in [0.15, 0.2) is 5.13 Å². The van der Waals surface area contributed by atoms with Crippen molar-refractivity contribution >= 4 is 58.4 Å². The molecule has 0 aliphatic carbocycles. The van der Waals surface area contributed by atoms with E-state index in [4.69, 9.17) is 15.0 Å². The number of carboxylic acid groups (broad SMARTS) is 2. The predicted octanol–water partition coefficient (Wildman–Crippen LogP) is 2.72. The highest BCUT2D eigenvalue weighted by molar-refractivity contribution is 7.17. The summed E-state index contributed by atoms with van der Waals surface area (Å²) in [5.41, 5.74) is 7.15. The van der Waals surface area contributed by atoms with Crippen LogP contribution in [-0.2, 0) is 28.9 Å². The maximum absolute atomic E-state index is 12.9. The molecule has 0 fully saturated rings. The van der Waals surface area contributed by atoms with Crippen LogP contribution >= 0.6 is 11.3 Å². The molecule has 5 amide bonds. The molecule has 3 aromatic rings. The minimum Gasteiger partial charge on any atom is -0.465 e. The number of primary amides is 1. The summed E-state index contributed by atoms with van der Waals surface area (Å²) in [6.07, 6.45) is -0.220. The van der Waals surface area contributed by atoms with Gasteiger partial charge < -0.3 is 37.2 Å². The van der Waals surface area contributed by atoms with Crippen molar-refractivity contribution in [3.63, 3.8) is 0 Å². The highest BCUT2D eigenvalue weighted by Gasteiger charge is 2.18. The maximum Gasteiger partial charge on any atom is 0.432 e. The minimum absolute atomic E-state index is 0.132. The number of hydrogen-bond acceptors (Lipinski definition) is 7. The van der Waals surface area contributed by atoms with Crippen molar-refractivity contribution < 1.29 is 34.2 Å². The molecule has 0 unspecified atom stereocenters. The van der Waals surface area contributed by atoms with E-state index in [1.807, 2.05) is 42.5 Å². The summed E-state index contributed by atoms with van der Waals surface area (Å²) in [6.45, 7) is 1.89. The van der Waals surface area contributed by atoms with E-state index < -0.39 is 12.2 Å². The van der Waals surface area contributed by atoms with Gasteiger partial charge in [-0.25, -0.2) is 14.6 Å². The van der Waals surface area contributed by atoms with E-state index in [0.29, 0.717) is 34.2 Å². The van der Waals surface area contributed by atoms with Crippen molar-refractivity contribution in [2.75, 3.05) is 23.7 Å². The molecule has 0 saturated carbocycles. The first-order valence-electron chi connectivity index (χ1n) is 12.5. The Morgan fingerprint density at radius 2 is 1.57 bits per heavy atom. The predicted molar refractivity (Wildman–Crippen MR) is 158 cm³/mol. The molecule has 0 bridgehead atoms. The lowest BCUT2D eigenvalue weighted by Crippen LogP contribution is -2.35. The molecule has 15 heteroatoms. The molecule has 1 heterocycles. The number of aromatic nitrogens is 1. The quantitative estimate of drug-likeness (QED) is 0.0924. The zero-order chi connectivity index (χ0) is 30.9. The molecule has 42 heavy (non-hydrogen) atoms. The first-order valence-corrected chi connectivity index (χ1v) is 13.3. The summed E-state index contributed by atoms with van der Waals surface area (Å²) >= 11 is 1.10. The van der Waals surface area contributed by atoms with E-state index in [1.54, 1.807) is 12.1 Å². The Balaban J connectivity index is 0.00000144. The number of amides is 5. The Morgan fingerprint density at radius 1 is 0.929 bits per heavy atom. The summed E-state index contributed by atoms with van der Waals surface area (Å²) in [5.74, 6) is -0.746. The number of benzene rings is 2. The Bertz CT molecular complexity index is 1390. The van der Waals surface area contributed by atoms with Crippen LogP contribution in [0.25, 0.3) is 0 Å². The van der Waals surface area contributed by atoms with Crippen LogP contribution in [0.3, 0.4) is 0 Å². The molecule has 222 valence electrons. The van der Waals surface area contributed by atoms with Crippen LogP contribution in [0.4, 0.5) is 20.4 Å². The van der Waals surface area contributed by atoms with E-state index in [9.17, 15) is 19.2 Å². The van der Waals surface area contributed by atoms with Gasteiger partial charge >= 0.3 is 12.2 Å². The van der Waals surface area contributed by atoms with Crippen molar-refractivity contribution in [2.24, 2.45) is 10.7 Å². The molecule has 0 aliphatic rings. The topological polar surface area (TPSA) is 225 Å². The van der Waals surface area contributed by atoms with Gasteiger partial charge in [-0.1, -0.05) is 53.8 Å². The van der Waals surface area contributed by atoms with Gasteiger partial charge in [0, 0.05) is 25.7 Å². The lowest BCUT2D eigenvalue weighted by atomic mass is 10.1. The number of carbonyl (C=O) groups excluding carboxylic acids is 3. The van der Waals surface area contributed by atoms with Gasteiger partial charge in [-0.3, -0.25) is 14.4 Å². The van der Waals surface area contributed by atoms with Gasteiger partial charge in [-0.05, 0) is 36.1 Å². The molecule has 0 saturated heterocycles. The van der Waals surface area contributed by atoms with Gasteiger partial charge in [0.25, 0.3) is 5.91 Å². The molecule has 2 aromatic carbocycles. The average Bonchev–Trinajstić information content (AvgIpc) is 3.32. The van der Waals surface area contributed by atoms with Crippen LogP contribution in [0.1, 0.15) is 33.4 Å². The van der Waals surface area contributed by atoms with Crippen LogP contribution in [0.15, 0.2) is 59.6 Å². The number of thiazole rings is 1. The van der Waals surface area contributed by atoms with Crippen molar-refractivity contribution in [3.05, 3.63) is 76.3 Å². The second kappa shape index (κ2) is 17.4. The molecular formula is C27H31N7O7S. The minimum atomic E-state index is -1.33. The standard InChI is InChI=1S/C26H28N6O5S.CH3NO2/c1-17(33)31-25-32-21(12-9-18-7-10-20(11-8-18)29-16-30-26(36)37)23(38-25)24(35)28-14-13-27-22(34)15-19-5-3-2-4-6-19;2-1(3)4/h2-8,10-11,16H,9,12-15H2,1H3,(H,27,34)(H,28,35)(H,29,30)(H,36,37)(H,31,32,33);2H2,(H,3,4). The summed E-state index contributed by atoms with van der Waals surface area (Å²) in [4.78, 5) is 63.7. The summed E-state index contributed by atoms with van der Waals surface area (Å²) < 4.78 is 0. The molecule has 3 rings (SSSR count). The van der Waals surface area contributed by atoms with Crippen LogP contribution in [0.5, 0.6) is 0 Å². The molecule has 14 nitrogen and oxygen atoms in total. The van der Waals surface area contributed by atoms with E-state index in [0.717, 1.165) is 28.8 Å². The first kappa shape index (κ1) is 32.9. The number of anilines is 2. The fourth-order valence-electron chi connectivity index (χ4n) is 3.40. The van der Waals surface area contributed by atoms with Crippen molar-refractivity contribution in [1.82, 2.24) is 15.6 Å². The second-order valence-corrected chi connectivity index (χ2v) is 9.46. The first-order chi connectivity index (χ1) is 20.0. The normalized spacial score (nSPS) is 10.2. The van der Waals surface area contributed by atoms with Crippen molar-refractivity contribution in [2.45, 2.75) is 26.2 Å². The maximum atomic E-state index is 12.9. The molecule has 0 radical (unpaired) electrons. The van der Waals surface area contributed by atoms with Gasteiger partial charge in [0.05, 0.1) is 18.5 Å². The fraction of sp³-hybridized carbons (Fsp3) is 0.222. The molecule has 0 spiro atoms. The molecular weight excluding hydrogens is 566 g/mol. The third kappa shape index (κ3) is 13.2. The zero-order valence-electron chi connectivity index (χ0n) is 22.6. The lowest BCUT2D eigenvalue weighted by molar-refractivity contribution is -0.120. The summed E-state index contributed by atoms with van der Waals surface area (Å²) in [6, 6.07) is 16.7. The number of nitrogens with two attached hydrogens (primary N) is 1. The number of nitrogens with zero attached hydrogens (tertiary/aromatic N) is 2. The molecule has 0 aliphatic heterocycles. The Morgan fingerprint density at radius 3 is 2.19 bits per heavy atom. The third-order valence-electron chi connectivity index (χ3n) is 5.14. The Hall–Kier alpha value is -5.31. The number of aryl methyl sites for hydroxylation is 2. The monoisotopic (exact) mass is 597 g/mol. The van der Waals surface area contributed by atoms with Gasteiger partial charge in [0.1, 0.15) is 4.88 Å². The van der Waals surface area contributed by atoms with Crippen LogP contribution in [0, 0.1) is 0 Å². The van der Waals surface area contributed by atoms with Crippen molar-refractivity contribution in [3.8, 4) is 0 Å². The number of nitrogens with one attached hydrogen (secondary N) is 4. The fourth-order valence-corrected chi connectivity index (χ4v) is 4.37. The largest absolute Gasteiger partial charge is 0.465 e. The van der Waals surface area contributed by atoms with Gasteiger partial charge in [0.2, 0.25) is 11.8 Å². The van der Waals surface area contributed by atoms with Gasteiger partial charge in [-0.15, -0.1) is 0 Å². The third-order valence-corrected chi connectivity index (χ3v) is 6.15. The Kier molecular flexibility index (Phi) is 13.6. The van der Waals surface area contributed by atoms with E-state index in [1.165, 1.54) is 6.92 Å². The molecule has 8 N–H and O–H groups in total. The number of rotatable bonds is 12. The van der Waals surface area contributed by atoms with Crippen LogP contribution in [0.2, 0.25) is 0 Å². The average molecular weight is 598 g/mol. The van der Waals surface area contributed by atoms with Gasteiger partial charge in [-0.2, -0.15) is 4.99 Å². The summed E-state index contributed by atoms with van der Waals surface area (Å²) in [7, 11) is 0. The SMILES string of the molecule is CC(=O)Nc1nc(CCc2ccc(NC=NC(=O)O)cc2)c(C(=O)NCCNC(=O)Cc2ccccc2)s1.NC(=O)O. The van der Waals surface area contributed by atoms with E-state index in [2.05, 4.69) is 37.0 Å². The smallest absolute Gasteiger partial charge is 0.432 e.